The number of nitrogens with zero attached hydrogens (tertiary/aromatic N) is 1. The average molecular weight is 212 g/mol. The molecule has 2 rings (SSSR count). The highest BCUT2D eigenvalue weighted by Gasteiger charge is 2.32. The summed E-state index contributed by atoms with van der Waals surface area (Å²) in [6, 6.07) is 1.87. The van der Waals surface area contributed by atoms with Crippen LogP contribution in [0.25, 0.3) is 0 Å². The van der Waals surface area contributed by atoms with E-state index >= 15 is 0 Å². The molecule has 0 aromatic carbocycles. The van der Waals surface area contributed by atoms with Gasteiger partial charge >= 0.3 is 0 Å². The van der Waals surface area contributed by atoms with Gasteiger partial charge in [-0.2, -0.15) is 0 Å². The summed E-state index contributed by atoms with van der Waals surface area (Å²) in [5.74, 6) is 0. The van der Waals surface area contributed by atoms with E-state index in [0.29, 0.717) is 5.02 Å². The number of halogens is 1. The van der Waals surface area contributed by atoms with Crippen molar-refractivity contribution in [3.63, 3.8) is 0 Å². The van der Waals surface area contributed by atoms with E-state index in [2.05, 4.69) is 10.3 Å². The lowest BCUT2D eigenvalue weighted by Crippen LogP contribution is -2.51. The Morgan fingerprint density at radius 3 is 2.93 bits per heavy atom. The molecular weight excluding hydrogens is 198 g/mol. The molecule has 1 saturated carbocycles. The Kier molecular flexibility index (Phi) is 2.61. The maximum absolute atomic E-state index is 6.08. The zero-order valence-corrected chi connectivity index (χ0v) is 8.72. The van der Waals surface area contributed by atoms with Crippen LogP contribution in [-0.4, -0.2) is 17.1 Å². The third-order valence-corrected chi connectivity index (χ3v) is 3.05. The lowest BCUT2D eigenvalue weighted by atomic mass is 9.78. The summed E-state index contributed by atoms with van der Waals surface area (Å²) in [7, 11) is 0. The summed E-state index contributed by atoms with van der Waals surface area (Å²) < 4.78 is 0. The van der Waals surface area contributed by atoms with Crippen molar-refractivity contribution in [3.05, 3.63) is 23.5 Å². The fourth-order valence-electron chi connectivity index (χ4n) is 1.60. The molecule has 1 aliphatic carbocycles. The highest BCUT2D eigenvalue weighted by molar-refractivity contribution is 6.33. The first-order chi connectivity index (χ1) is 6.70. The summed E-state index contributed by atoms with van der Waals surface area (Å²) in [5.41, 5.74) is 6.97. The molecule has 1 aliphatic rings. The van der Waals surface area contributed by atoms with Crippen molar-refractivity contribution in [1.82, 2.24) is 4.98 Å². The molecule has 1 aromatic rings. The molecule has 0 aliphatic heterocycles. The quantitative estimate of drug-likeness (QED) is 0.805. The van der Waals surface area contributed by atoms with Crippen molar-refractivity contribution in [1.29, 1.82) is 0 Å². The molecule has 0 spiro atoms. The number of rotatable bonds is 3. The summed E-state index contributed by atoms with van der Waals surface area (Å²) >= 11 is 5.95. The van der Waals surface area contributed by atoms with Gasteiger partial charge in [-0.1, -0.05) is 11.6 Å². The fourth-order valence-corrected chi connectivity index (χ4v) is 1.78. The van der Waals surface area contributed by atoms with E-state index in [-0.39, 0.29) is 5.54 Å². The van der Waals surface area contributed by atoms with Gasteiger partial charge in [-0.3, -0.25) is 4.98 Å². The molecule has 0 atom stereocenters. The third kappa shape index (κ3) is 1.99. The van der Waals surface area contributed by atoms with Crippen molar-refractivity contribution in [3.8, 4) is 0 Å². The first-order valence-corrected chi connectivity index (χ1v) is 5.20. The number of aromatic nitrogens is 1. The van der Waals surface area contributed by atoms with Gasteiger partial charge in [-0.15, -0.1) is 0 Å². The molecule has 4 heteroatoms. The molecule has 0 unspecified atom stereocenters. The van der Waals surface area contributed by atoms with Gasteiger partial charge in [0.1, 0.15) is 0 Å². The van der Waals surface area contributed by atoms with Gasteiger partial charge in [-0.25, -0.2) is 0 Å². The predicted octanol–water partition coefficient (Wildman–Crippen LogP) is 2.03. The Hall–Kier alpha value is -0.800. The molecule has 0 radical (unpaired) electrons. The first kappa shape index (κ1) is 9.74. The van der Waals surface area contributed by atoms with Gasteiger partial charge in [0.05, 0.1) is 10.7 Å². The maximum Gasteiger partial charge on any atom is 0.0820 e. The van der Waals surface area contributed by atoms with Crippen LogP contribution in [0.3, 0.4) is 0 Å². The van der Waals surface area contributed by atoms with E-state index in [4.69, 9.17) is 17.3 Å². The number of hydrogen-bond donors (Lipinski definition) is 2. The molecule has 0 amide bonds. The minimum atomic E-state index is -0.0212. The zero-order valence-electron chi connectivity index (χ0n) is 7.96. The Morgan fingerprint density at radius 1 is 1.57 bits per heavy atom. The van der Waals surface area contributed by atoms with Crippen LogP contribution in [0.4, 0.5) is 5.69 Å². The summed E-state index contributed by atoms with van der Waals surface area (Å²) in [4.78, 5) is 3.92. The largest absolute Gasteiger partial charge is 0.382 e. The van der Waals surface area contributed by atoms with Crippen LogP contribution in [0.15, 0.2) is 18.5 Å². The number of pyridine rings is 1. The molecule has 0 saturated heterocycles. The van der Waals surface area contributed by atoms with Crippen LogP contribution in [0, 0.1) is 0 Å². The van der Waals surface area contributed by atoms with Gasteiger partial charge in [0.15, 0.2) is 0 Å². The molecule has 1 heterocycles. The standard InChI is InChI=1S/C10H14ClN3/c11-8-6-13-5-2-9(8)14-7-10(12)3-1-4-10/h2,5-6H,1,3-4,7,12H2,(H,13,14). The Morgan fingerprint density at radius 2 is 2.36 bits per heavy atom. The second-order valence-corrected chi connectivity index (χ2v) is 4.33. The average Bonchev–Trinajstić information content (AvgIpc) is 2.14. The number of nitrogens with two attached hydrogens (primary N) is 1. The maximum atomic E-state index is 6.08. The van der Waals surface area contributed by atoms with Crippen molar-refractivity contribution < 1.29 is 0 Å². The van der Waals surface area contributed by atoms with E-state index < -0.39 is 0 Å². The molecule has 0 bridgehead atoms. The Balaban J connectivity index is 1.95. The molecule has 14 heavy (non-hydrogen) atoms. The van der Waals surface area contributed by atoms with Crippen molar-refractivity contribution >= 4 is 17.3 Å². The lowest BCUT2D eigenvalue weighted by molar-refractivity contribution is 0.265. The molecular formula is C10H14ClN3. The molecule has 3 nitrogen and oxygen atoms in total. The van der Waals surface area contributed by atoms with E-state index in [1.54, 1.807) is 12.4 Å². The van der Waals surface area contributed by atoms with Crippen LogP contribution in [-0.2, 0) is 0 Å². The fraction of sp³-hybridized carbons (Fsp3) is 0.500. The topological polar surface area (TPSA) is 50.9 Å². The highest BCUT2D eigenvalue weighted by atomic mass is 35.5. The zero-order chi connectivity index (χ0) is 10.0. The van der Waals surface area contributed by atoms with Gasteiger partial charge in [-0.05, 0) is 25.3 Å². The first-order valence-electron chi connectivity index (χ1n) is 4.82. The van der Waals surface area contributed by atoms with Crippen LogP contribution >= 0.6 is 11.6 Å². The lowest BCUT2D eigenvalue weighted by Gasteiger charge is -2.38. The van der Waals surface area contributed by atoms with E-state index in [1.165, 1.54) is 6.42 Å². The number of hydrogen-bond acceptors (Lipinski definition) is 3. The molecule has 3 N–H and O–H groups in total. The van der Waals surface area contributed by atoms with E-state index in [0.717, 1.165) is 25.1 Å². The number of nitrogens with one attached hydrogen (secondary N) is 1. The SMILES string of the molecule is NC1(CNc2ccncc2Cl)CCC1. The highest BCUT2D eigenvalue weighted by Crippen LogP contribution is 2.30. The third-order valence-electron chi connectivity index (χ3n) is 2.75. The van der Waals surface area contributed by atoms with Crippen molar-refractivity contribution in [2.45, 2.75) is 24.8 Å². The smallest absolute Gasteiger partial charge is 0.0820 e. The molecule has 76 valence electrons. The van der Waals surface area contributed by atoms with Gasteiger partial charge < -0.3 is 11.1 Å². The van der Waals surface area contributed by atoms with Gasteiger partial charge in [0, 0.05) is 24.5 Å². The monoisotopic (exact) mass is 211 g/mol. The van der Waals surface area contributed by atoms with E-state index in [9.17, 15) is 0 Å². The Labute approximate surface area is 88.7 Å². The van der Waals surface area contributed by atoms with Gasteiger partial charge in [0.2, 0.25) is 0 Å². The normalized spacial score (nSPS) is 18.7. The summed E-state index contributed by atoms with van der Waals surface area (Å²) in [6.45, 7) is 0.788. The van der Waals surface area contributed by atoms with Crippen LogP contribution in [0.2, 0.25) is 5.02 Å². The van der Waals surface area contributed by atoms with Crippen LogP contribution in [0.1, 0.15) is 19.3 Å². The Bertz CT molecular complexity index is 323. The number of anilines is 1. The van der Waals surface area contributed by atoms with Gasteiger partial charge in [0.25, 0.3) is 0 Å². The molecule has 1 fully saturated rings. The predicted molar refractivity (Wildman–Crippen MR) is 58.5 cm³/mol. The second kappa shape index (κ2) is 3.75. The van der Waals surface area contributed by atoms with Crippen molar-refractivity contribution in [2.24, 2.45) is 5.73 Å². The van der Waals surface area contributed by atoms with Crippen molar-refractivity contribution in [2.75, 3.05) is 11.9 Å². The molecule has 1 aromatic heterocycles. The minimum absolute atomic E-state index is 0.0212. The summed E-state index contributed by atoms with van der Waals surface area (Å²) in [5, 5.41) is 3.91. The van der Waals surface area contributed by atoms with Crippen LogP contribution in [0.5, 0.6) is 0 Å². The second-order valence-electron chi connectivity index (χ2n) is 3.93. The minimum Gasteiger partial charge on any atom is -0.382 e. The van der Waals surface area contributed by atoms with E-state index in [1.807, 2.05) is 6.07 Å². The van der Waals surface area contributed by atoms with Crippen LogP contribution < -0.4 is 11.1 Å². The summed E-state index contributed by atoms with van der Waals surface area (Å²) in [6.07, 6.45) is 6.79.